The van der Waals surface area contributed by atoms with E-state index >= 15 is 0 Å². The first-order valence-corrected chi connectivity index (χ1v) is 9.07. The lowest BCUT2D eigenvalue weighted by molar-refractivity contribution is 0.122. The van der Waals surface area contributed by atoms with Crippen LogP contribution in [0.2, 0.25) is 0 Å². The molecule has 2 aromatic rings. The maximum Gasteiger partial charge on any atom is 0.161 e. The smallest absolute Gasteiger partial charge is 0.161 e. The average Bonchev–Trinajstić information content (AvgIpc) is 2.65. The lowest BCUT2D eigenvalue weighted by Gasteiger charge is -2.34. The van der Waals surface area contributed by atoms with Gasteiger partial charge < -0.3 is 9.47 Å². The molecule has 0 amide bonds. The monoisotopic (exact) mass is 340 g/mol. The molecule has 134 valence electrons. The zero-order valence-electron chi connectivity index (χ0n) is 15.3. The summed E-state index contributed by atoms with van der Waals surface area (Å²) in [6.07, 6.45) is 0. The minimum atomic E-state index is 0.652. The van der Waals surface area contributed by atoms with Crippen LogP contribution in [-0.4, -0.2) is 49.7 Å². The summed E-state index contributed by atoms with van der Waals surface area (Å²) in [5.74, 6) is 1.64. The molecule has 4 nitrogen and oxygen atoms in total. The van der Waals surface area contributed by atoms with Crippen molar-refractivity contribution in [1.82, 2.24) is 9.80 Å². The standard InChI is InChI=1S/C21H28N2O2/c1-3-25-20-10-9-19(15-21(20)24-2)17-23-13-11-22(12-14-23)16-18-7-5-4-6-8-18/h4-10,15H,3,11-14,16-17H2,1-2H3. The van der Waals surface area contributed by atoms with E-state index in [4.69, 9.17) is 9.47 Å². The van der Waals surface area contributed by atoms with Gasteiger partial charge in [-0.3, -0.25) is 9.80 Å². The SMILES string of the molecule is CCOc1ccc(CN2CCN(Cc3ccccc3)CC2)cc1OC. The summed E-state index contributed by atoms with van der Waals surface area (Å²) in [5.41, 5.74) is 2.67. The largest absolute Gasteiger partial charge is 0.493 e. The van der Waals surface area contributed by atoms with Gasteiger partial charge in [0.15, 0.2) is 11.5 Å². The zero-order valence-corrected chi connectivity index (χ0v) is 15.3. The van der Waals surface area contributed by atoms with Gasteiger partial charge in [-0.25, -0.2) is 0 Å². The number of benzene rings is 2. The Hall–Kier alpha value is -2.04. The van der Waals surface area contributed by atoms with Crippen molar-refractivity contribution in [3.05, 3.63) is 59.7 Å². The van der Waals surface area contributed by atoms with Gasteiger partial charge in [0.05, 0.1) is 13.7 Å². The lowest BCUT2D eigenvalue weighted by atomic mass is 10.1. The molecule has 1 aliphatic rings. The average molecular weight is 340 g/mol. The van der Waals surface area contributed by atoms with Crippen LogP contribution < -0.4 is 9.47 Å². The Morgan fingerprint density at radius 1 is 0.800 bits per heavy atom. The molecular weight excluding hydrogens is 312 g/mol. The van der Waals surface area contributed by atoms with Crippen molar-refractivity contribution in [3.8, 4) is 11.5 Å². The molecule has 0 saturated carbocycles. The Morgan fingerprint density at radius 2 is 1.44 bits per heavy atom. The van der Waals surface area contributed by atoms with Gasteiger partial charge in [0.25, 0.3) is 0 Å². The number of hydrogen-bond acceptors (Lipinski definition) is 4. The van der Waals surface area contributed by atoms with Crippen LogP contribution in [0.3, 0.4) is 0 Å². The highest BCUT2D eigenvalue weighted by Gasteiger charge is 2.17. The third kappa shape index (κ3) is 4.97. The molecule has 0 aliphatic carbocycles. The minimum Gasteiger partial charge on any atom is -0.493 e. The maximum atomic E-state index is 5.60. The van der Waals surface area contributed by atoms with E-state index in [1.807, 2.05) is 13.0 Å². The van der Waals surface area contributed by atoms with Crippen LogP contribution in [0.4, 0.5) is 0 Å². The highest BCUT2D eigenvalue weighted by atomic mass is 16.5. The molecule has 0 bridgehead atoms. The van der Waals surface area contributed by atoms with Crippen molar-refractivity contribution in [1.29, 1.82) is 0 Å². The van der Waals surface area contributed by atoms with E-state index in [0.717, 1.165) is 50.8 Å². The summed E-state index contributed by atoms with van der Waals surface area (Å²) in [6, 6.07) is 17.0. The van der Waals surface area contributed by atoms with E-state index in [1.54, 1.807) is 7.11 Å². The fourth-order valence-corrected chi connectivity index (χ4v) is 3.29. The summed E-state index contributed by atoms with van der Waals surface area (Å²) in [7, 11) is 1.70. The summed E-state index contributed by atoms with van der Waals surface area (Å²) < 4.78 is 11.1. The van der Waals surface area contributed by atoms with Gasteiger partial charge >= 0.3 is 0 Å². The van der Waals surface area contributed by atoms with Crippen molar-refractivity contribution in [2.45, 2.75) is 20.0 Å². The van der Waals surface area contributed by atoms with Gasteiger partial charge in [0.1, 0.15) is 0 Å². The van der Waals surface area contributed by atoms with Gasteiger partial charge in [-0.2, -0.15) is 0 Å². The Labute approximate surface area is 151 Å². The van der Waals surface area contributed by atoms with Crippen LogP contribution in [0.5, 0.6) is 11.5 Å². The molecule has 1 fully saturated rings. The Kier molecular flexibility index (Phi) is 6.31. The van der Waals surface area contributed by atoms with E-state index in [2.05, 4.69) is 52.3 Å². The molecule has 0 spiro atoms. The number of rotatable bonds is 7. The van der Waals surface area contributed by atoms with Crippen molar-refractivity contribution in [2.24, 2.45) is 0 Å². The first kappa shape index (κ1) is 17.8. The highest BCUT2D eigenvalue weighted by Crippen LogP contribution is 2.28. The molecular formula is C21H28N2O2. The second kappa shape index (κ2) is 8.88. The van der Waals surface area contributed by atoms with Gasteiger partial charge in [-0.1, -0.05) is 36.4 Å². The molecule has 0 unspecified atom stereocenters. The zero-order chi connectivity index (χ0) is 17.5. The van der Waals surface area contributed by atoms with E-state index in [-0.39, 0.29) is 0 Å². The van der Waals surface area contributed by atoms with Crippen molar-refractivity contribution >= 4 is 0 Å². The Morgan fingerprint density at radius 3 is 2.04 bits per heavy atom. The molecule has 1 aliphatic heterocycles. The topological polar surface area (TPSA) is 24.9 Å². The normalized spacial score (nSPS) is 15.9. The van der Waals surface area contributed by atoms with E-state index in [9.17, 15) is 0 Å². The number of hydrogen-bond donors (Lipinski definition) is 0. The number of ether oxygens (including phenoxy) is 2. The van der Waals surface area contributed by atoms with Crippen LogP contribution in [0.25, 0.3) is 0 Å². The molecule has 0 atom stereocenters. The van der Waals surface area contributed by atoms with Crippen LogP contribution in [0, 0.1) is 0 Å². The molecule has 4 heteroatoms. The molecule has 1 heterocycles. The predicted molar refractivity (Wildman–Crippen MR) is 101 cm³/mol. The molecule has 0 aromatic heterocycles. The molecule has 25 heavy (non-hydrogen) atoms. The summed E-state index contributed by atoms with van der Waals surface area (Å²) >= 11 is 0. The minimum absolute atomic E-state index is 0.652. The Bertz CT molecular complexity index is 652. The quantitative estimate of drug-likeness (QED) is 0.771. The molecule has 1 saturated heterocycles. The molecule has 0 N–H and O–H groups in total. The first-order valence-electron chi connectivity index (χ1n) is 9.07. The number of piperazine rings is 1. The molecule has 3 rings (SSSR count). The highest BCUT2D eigenvalue weighted by molar-refractivity contribution is 5.43. The molecule has 2 aromatic carbocycles. The first-order chi connectivity index (χ1) is 12.3. The van der Waals surface area contributed by atoms with Crippen LogP contribution in [0.1, 0.15) is 18.1 Å². The Balaban J connectivity index is 1.52. The maximum absolute atomic E-state index is 5.60. The van der Waals surface area contributed by atoms with Gasteiger partial charge in [-0.05, 0) is 30.2 Å². The van der Waals surface area contributed by atoms with Gasteiger partial charge in [-0.15, -0.1) is 0 Å². The van der Waals surface area contributed by atoms with E-state index in [1.165, 1.54) is 11.1 Å². The van der Waals surface area contributed by atoms with Gasteiger partial charge in [0, 0.05) is 39.3 Å². The van der Waals surface area contributed by atoms with Crippen LogP contribution in [0.15, 0.2) is 48.5 Å². The summed E-state index contributed by atoms with van der Waals surface area (Å²) in [6.45, 7) is 9.08. The third-order valence-electron chi connectivity index (χ3n) is 4.65. The third-order valence-corrected chi connectivity index (χ3v) is 4.65. The predicted octanol–water partition coefficient (Wildman–Crippen LogP) is 3.41. The second-order valence-corrected chi connectivity index (χ2v) is 6.46. The molecule has 0 radical (unpaired) electrons. The van der Waals surface area contributed by atoms with Crippen LogP contribution >= 0.6 is 0 Å². The summed E-state index contributed by atoms with van der Waals surface area (Å²) in [5, 5.41) is 0. The lowest BCUT2D eigenvalue weighted by Crippen LogP contribution is -2.45. The van der Waals surface area contributed by atoms with E-state index in [0.29, 0.717) is 6.61 Å². The van der Waals surface area contributed by atoms with Crippen molar-refractivity contribution < 1.29 is 9.47 Å². The fourth-order valence-electron chi connectivity index (χ4n) is 3.29. The summed E-state index contributed by atoms with van der Waals surface area (Å²) in [4.78, 5) is 5.04. The van der Waals surface area contributed by atoms with Crippen molar-refractivity contribution in [3.63, 3.8) is 0 Å². The number of nitrogens with zero attached hydrogens (tertiary/aromatic N) is 2. The van der Waals surface area contributed by atoms with Crippen molar-refractivity contribution in [2.75, 3.05) is 39.9 Å². The fraction of sp³-hybridized carbons (Fsp3) is 0.429. The number of methoxy groups -OCH3 is 1. The second-order valence-electron chi connectivity index (χ2n) is 6.46. The van der Waals surface area contributed by atoms with Crippen LogP contribution in [-0.2, 0) is 13.1 Å². The van der Waals surface area contributed by atoms with Gasteiger partial charge in [0.2, 0.25) is 0 Å². The van der Waals surface area contributed by atoms with E-state index < -0.39 is 0 Å².